The fourth-order valence-corrected chi connectivity index (χ4v) is 6.00. The van der Waals surface area contributed by atoms with Crippen molar-refractivity contribution >= 4 is 10.8 Å². The average Bonchev–Trinajstić information content (AvgIpc) is 3.17. The van der Waals surface area contributed by atoms with Gasteiger partial charge >= 0.3 is 0 Å². The van der Waals surface area contributed by atoms with E-state index < -0.39 is 0 Å². The van der Waals surface area contributed by atoms with Crippen LogP contribution in [-0.2, 0) is 0 Å². The van der Waals surface area contributed by atoms with Crippen molar-refractivity contribution in [3.63, 3.8) is 0 Å². The second kappa shape index (κ2) is 9.72. The first-order chi connectivity index (χ1) is 20.8. The number of fused-ring (bicyclic) bond motifs is 5. The number of phenolic OH excluding ortho intramolecular Hbond substituents is 1. The molecule has 0 aliphatic heterocycles. The molecule has 4 nitrogen and oxygen atoms in total. The number of para-hydroxylation sites is 1. The molecule has 0 saturated heterocycles. The molecule has 7 aromatic rings. The Kier molecular flexibility index (Phi) is 5.57. The topological polar surface area (TPSA) is 55.2 Å². The van der Waals surface area contributed by atoms with Crippen molar-refractivity contribution in [3.05, 3.63) is 140 Å². The van der Waals surface area contributed by atoms with Crippen LogP contribution in [0.2, 0.25) is 0 Å². The van der Waals surface area contributed by atoms with E-state index in [0.29, 0.717) is 23.0 Å². The number of ether oxygens (including phenoxy) is 1. The number of rotatable bonds is 4. The lowest BCUT2D eigenvalue weighted by molar-refractivity contribution is 0.448. The molecule has 1 N–H and O–H groups in total. The Balaban J connectivity index is 1.46. The van der Waals surface area contributed by atoms with Crippen LogP contribution < -0.4 is 4.74 Å². The monoisotopic (exact) mass is 540 g/mol. The standard InChI is InChI=1S/C38H24N2O2/c41-33-22-9-8-18-30(33)37-31-20-10-19-28-26-15-5-4-14-25(26)27-16-6-7-17-29(27)36(35(28)31)38(40-37)42-34-23-11-21-32(39-34)24-12-2-1-3-13-24/h1-23,41H. The molecule has 0 radical (unpaired) electrons. The lowest BCUT2D eigenvalue weighted by Gasteiger charge is -2.18. The van der Waals surface area contributed by atoms with Gasteiger partial charge in [-0.15, -0.1) is 0 Å². The zero-order valence-corrected chi connectivity index (χ0v) is 22.5. The van der Waals surface area contributed by atoms with Gasteiger partial charge in [0.1, 0.15) is 5.75 Å². The van der Waals surface area contributed by atoms with Gasteiger partial charge in [0.15, 0.2) is 0 Å². The summed E-state index contributed by atoms with van der Waals surface area (Å²) in [7, 11) is 0. The Morgan fingerprint density at radius 3 is 1.83 bits per heavy atom. The molecular formula is C38H24N2O2. The van der Waals surface area contributed by atoms with Crippen LogP contribution >= 0.6 is 0 Å². The van der Waals surface area contributed by atoms with E-state index in [4.69, 9.17) is 14.7 Å². The average molecular weight is 541 g/mol. The molecule has 4 heteroatoms. The summed E-state index contributed by atoms with van der Waals surface area (Å²) in [5, 5.41) is 12.9. The molecule has 0 spiro atoms. The SMILES string of the molecule is Oc1ccccc1-c1nc(Oc2cccc(-c3ccccc3)n2)c2c3c(cccc13)-c1ccccc1-c1ccccc1-2. The molecule has 2 aromatic heterocycles. The third kappa shape index (κ3) is 3.85. The molecule has 5 aromatic carbocycles. The molecule has 0 fully saturated rings. The van der Waals surface area contributed by atoms with E-state index in [2.05, 4.69) is 66.7 Å². The van der Waals surface area contributed by atoms with Gasteiger partial charge in [-0.2, -0.15) is 0 Å². The Labute approximate surface area is 243 Å². The van der Waals surface area contributed by atoms with Gasteiger partial charge in [-0.05, 0) is 46.0 Å². The Morgan fingerprint density at radius 2 is 1.07 bits per heavy atom. The van der Waals surface area contributed by atoms with Crippen molar-refractivity contribution in [1.82, 2.24) is 9.97 Å². The number of pyridine rings is 2. The molecule has 0 saturated carbocycles. The second-order valence-electron chi connectivity index (χ2n) is 10.3. The largest absolute Gasteiger partial charge is 0.507 e. The summed E-state index contributed by atoms with van der Waals surface area (Å²) in [5.41, 5.74) is 9.53. The van der Waals surface area contributed by atoms with Crippen LogP contribution in [0.25, 0.3) is 66.7 Å². The number of hydrogen-bond donors (Lipinski definition) is 1. The van der Waals surface area contributed by atoms with Gasteiger partial charge in [-0.1, -0.05) is 115 Å². The predicted octanol–water partition coefficient (Wildman–Crippen LogP) is 9.78. The van der Waals surface area contributed by atoms with Crippen molar-refractivity contribution in [3.8, 4) is 73.4 Å². The molecule has 198 valence electrons. The highest BCUT2D eigenvalue weighted by atomic mass is 16.5. The molecule has 1 aliphatic carbocycles. The third-order valence-corrected chi connectivity index (χ3v) is 7.85. The minimum atomic E-state index is 0.162. The van der Waals surface area contributed by atoms with Gasteiger partial charge in [0.05, 0.1) is 17.0 Å². The fraction of sp³-hybridized carbons (Fsp3) is 0. The van der Waals surface area contributed by atoms with E-state index in [0.717, 1.165) is 55.4 Å². The van der Waals surface area contributed by atoms with Gasteiger partial charge in [-0.25, -0.2) is 9.97 Å². The van der Waals surface area contributed by atoms with Crippen LogP contribution in [0.4, 0.5) is 0 Å². The zero-order valence-electron chi connectivity index (χ0n) is 22.5. The van der Waals surface area contributed by atoms with Crippen molar-refractivity contribution in [2.75, 3.05) is 0 Å². The maximum absolute atomic E-state index is 11.0. The summed E-state index contributed by atoms with van der Waals surface area (Å²) < 4.78 is 6.67. The highest BCUT2D eigenvalue weighted by molar-refractivity contribution is 6.17. The summed E-state index contributed by atoms with van der Waals surface area (Å²) in [6.45, 7) is 0. The summed E-state index contributed by atoms with van der Waals surface area (Å²) >= 11 is 0. The zero-order chi connectivity index (χ0) is 28.0. The number of nitrogens with zero attached hydrogens (tertiary/aromatic N) is 2. The fourth-order valence-electron chi connectivity index (χ4n) is 6.00. The maximum atomic E-state index is 11.0. The van der Waals surface area contributed by atoms with Crippen LogP contribution in [0.15, 0.2) is 140 Å². The lowest BCUT2D eigenvalue weighted by atomic mass is 9.92. The van der Waals surface area contributed by atoms with Crippen LogP contribution in [-0.4, -0.2) is 15.1 Å². The van der Waals surface area contributed by atoms with E-state index >= 15 is 0 Å². The van der Waals surface area contributed by atoms with E-state index in [-0.39, 0.29) is 5.75 Å². The van der Waals surface area contributed by atoms with E-state index in [9.17, 15) is 5.11 Å². The molecule has 8 rings (SSSR count). The number of aromatic hydroxyl groups is 1. The quantitative estimate of drug-likeness (QED) is 0.241. The number of benzene rings is 5. The Morgan fingerprint density at radius 1 is 0.476 bits per heavy atom. The van der Waals surface area contributed by atoms with Crippen LogP contribution in [0.5, 0.6) is 17.5 Å². The van der Waals surface area contributed by atoms with E-state index in [1.807, 2.05) is 66.7 Å². The number of phenols is 1. The molecule has 0 atom stereocenters. The highest BCUT2D eigenvalue weighted by Crippen LogP contribution is 2.52. The number of hydrogen-bond acceptors (Lipinski definition) is 4. The molecule has 0 unspecified atom stereocenters. The molecule has 0 bridgehead atoms. The first kappa shape index (κ1) is 24.1. The summed E-state index contributed by atoms with van der Waals surface area (Å²) in [6, 6.07) is 46.3. The van der Waals surface area contributed by atoms with Crippen LogP contribution in [0, 0.1) is 0 Å². The molecule has 2 heterocycles. The van der Waals surface area contributed by atoms with Gasteiger partial charge in [-0.3, -0.25) is 0 Å². The van der Waals surface area contributed by atoms with Crippen LogP contribution in [0.1, 0.15) is 0 Å². The van der Waals surface area contributed by atoms with Gasteiger partial charge < -0.3 is 9.84 Å². The van der Waals surface area contributed by atoms with E-state index in [1.165, 1.54) is 0 Å². The third-order valence-electron chi connectivity index (χ3n) is 7.85. The molecule has 1 aliphatic rings. The predicted molar refractivity (Wildman–Crippen MR) is 168 cm³/mol. The summed E-state index contributed by atoms with van der Waals surface area (Å²) in [4.78, 5) is 10.0. The van der Waals surface area contributed by atoms with Crippen molar-refractivity contribution in [1.29, 1.82) is 0 Å². The Hall–Kier alpha value is -5.74. The van der Waals surface area contributed by atoms with Crippen molar-refractivity contribution < 1.29 is 9.84 Å². The second-order valence-corrected chi connectivity index (χ2v) is 10.3. The summed E-state index contributed by atoms with van der Waals surface area (Å²) in [5.74, 6) is 1.04. The van der Waals surface area contributed by atoms with E-state index in [1.54, 1.807) is 6.07 Å². The lowest BCUT2D eigenvalue weighted by Crippen LogP contribution is -1.99. The molecular weight excluding hydrogens is 516 g/mol. The first-order valence-corrected chi connectivity index (χ1v) is 13.9. The summed E-state index contributed by atoms with van der Waals surface area (Å²) in [6.07, 6.45) is 0. The van der Waals surface area contributed by atoms with Crippen molar-refractivity contribution in [2.45, 2.75) is 0 Å². The van der Waals surface area contributed by atoms with Gasteiger partial charge in [0.2, 0.25) is 11.8 Å². The highest BCUT2D eigenvalue weighted by Gasteiger charge is 2.27. The van der Waals surface area contributed by atoms with Crippen LogP contribution in [0.3, 0.4) is 0 Å². The molecule has 0 amide bonds. The van der Waals surface area contributed by atoms with Crippen molar-refractivity contribution in [2.24, 2.45) is 0 Å². The maximum Gasteiger partial charge on any atom is 0.230 e. The Bertz CT molecular complexity index is 2140. The minimum absolute atomic E-state index is 0.162. The molecule has 42 heavy (non-hydrogen) atoms. The smallest absolute Gasteiger partial charge is 0.230 e. The number of aromatic nitrogens is 2. The van der Waals surface area contributed by atoms with Gasteiger partial charge in [0.25, 0.3) is 0 Å². The first-order valence-electron chi connectivity index (χ1n) is 13.9. The van der Waals surface area contributed by atoms with Gasteiger partial charge in [0, 0.05) is 28.0 Å². The minimum Gasteiger partial charge on any atom is -0.507 e. The normalized spacial score (nSPS) is 11.4.